The van der Waals surface area contributed by atoms with E-state index in [2.05, 4.69) is 10.5 Å². The molecule has 1 saturated carbocycles. The van der Waals surface area contributed by atoms with Crippen molar-refractivity contribution in [3.8, 4) is 0 Å². The van der Waals surface area contributed by atoms with E-state index in [-0.39, 0.29) is 34.8 Å². The molecule has 9 nitrogen and oxygen atoms in total. The second-order valence-corrected chi connectivity index (χ2v) is 8.62. The molecule has 1 aromatic heterocycles. The number of rotatable bonds is 6. The predicted molar refractivity (Wildman–Crippen MR) is 89.6 cm³/mol. The van der Waals surface area contributed by atoms with Gasteiger partial charge in [0.25, 0.3) is 5.91 Å². The zero-order chi connectivity index (χ0) is 19.1. The summed E-state index contributed by atoms with van der Waals surface area (Å²) in [5, 5.41) is 6.44. The van der Waals surface area contributed by atoms with Crippen molar-refractivity contribution in [2.75, 3.05) is 6.54 Å². The summed E-state index contributed by atoms with van der Waals surface area (Å²) < 4.78 is 37.2. The van der Waals surface area contributed by atoms with Crippen LogP contribution in [0.15, 0.2) is 9.42 Å². The number of carbonyl (C=O) groups is 2. The Hall–Kier alpha value is -1.94. The summed E-state index contributed by atoms with van der Waals surface area (Å²) in [5.74, 6) is -0.894. The molecular formula is C16H23N3O6S. The molecule has 0 spiro atoms. The van der Waals surface area contributed by atoms with E-state index >= 15 is 0 Å². The van der Waals surface area contributed by atoms with Gasteiger partial charge in [0.1, 0.15) is 16.6 Å². The fourth-order valence-electron chi connectivity index (χ4n) is 3.08. The third-order valence-electron chi connectivity index (χ3n) is 4.60. The van der Waals surface area contributed by atoms with E-state index in [4.69, 9.17) is 9.26 Å². The van der Waals surface area contributed by atoms with Gasteiger partial charge in [-0.25, -0.2) is 8.42 Å². The molecule has 0 bridgehead atoms. The van der Waals surface area contributed by atoms with Crippen molar-refractivity contribution in [1.29, 1.82) is 0 Å². The Morgan fingerprint density at radius 2 is 2.00 bits per heavy atom. The van der Waals surface area contributed by atoms with Gasteiger partial charge >= 0.3 is 5.97 Å². The molecule has 1 N–H and O–H groups in total. The Bertz CT molecular complexity index is 794. The predicted octanol–water partition coefficient (Wildman–Crippen LogP) is 0.655. The molecule has 0 unspecified atom stereocenters. The first kappa shape index (κ1) is 18.8. The fraction of sp³-hybridized carbons (Fsp3) is 0.688. The summed E-state index contributed by atoms with van der Waals surface area (Å²) in [6.07, 6.45) is 1.77. The lowest BCUT2D eigenvalue weighted by atomic mass is 10.2. The van der Waals surface area contributed by atoms with Gasteiger partial charge in [-0.2, -0.15) is 4.31 Å². The minimum atomic E-state index is -3.94. The number of hydrogen-bond acceptors (Lipinski definition) is 7. The number of sulfonamides is 1. The maximum atomic E-state index is 13.0. The molecule has 1 saturated heterocycles. The maximum absolute atomic E-state index is 13.0. The molecule has 10 heteroatoms. The largest absolute Gasteiger partial charge is 0.451 e. The number of nitrogens with zero attached hydrogens (tertiary/aromatic N) is 2. The quantitative estimate of drug-likeness (QED) is 0.714. The Morgan fingerprint density at radius 3 is 2.58 bits per heavy atom. The van der Waals surface area contributed by atoms with Crippen LogP contribution >= 0.6 is 0 Å². The van der Waals surface area contributed by atoms with Crippen LogP contribution in [0.2, 0.25) is 0 Å². The van der Waals surface area contributed by atoms with Crippen LogP contribution in [0.1, 0.15) is 44.1 Å². The van der Waals surface area contributed by atoms with Gasteiger partial charge in [-0.3, -0.25) is 9.59 Å². The van der Waals surface area contributed by atoms with E-state index in [1.54, 1.807) is 0 Å². The van der Waals surface area contributed by atoms with Crippen LogP contribution < -0.4 is 5.32 Å². The number of esters is 1. The van der Waals surface area contributed by atoms with Crippen molar-refractivity contribution >= 4 is 21.9 Å². The van der Waals surface area contributed by atoms with Crippen LogP contribution in [0, 0.1) is 13.8 Å². The molecule has 26 heavy (non-hydrogen) atoms. The average Bonchev–Trinajstić information content (AvgIpc) is 3.09. The molecule has 1 aromatic rings. The lowest BCUT2D eigenvalue weighted by Gasteiger charge is -2.24. The molecule has 2 atom stereocenters. The van der Waals surface area contributed by atoms with E-state index in [0.29, 0.717) is 12.8 Å². The molecule has 2 fully saturated rings. The van der Waals surface area contributed by atoms with Crippen molar-refractivity contribution in [1.82, 2.24) is 14.8 Å². The Labute approximate surface area is 152 Å². The molecule has 2 aliphatic rings. The zero-order valence-electron chi connectivity index (χ0n) is 15.0. The summed E-state index contributed by atoms with van der Waals surface area (Å²) in [4.78, 5) is 24.5. The van der Waals surface area contributed by atoms with Crippen LogP contribution in [-0.4, -0.2) is 54.5 Å². The summed E-state index contributed by atoms with van der Waals surface area (Å²) in [7, 11) is -3.94. The van der Waals surface area contributed by atoms with Gasteiger partial charge in [-0.15, -0.1) is 0 Å². The van der Waals surface area contributed by atoms with Crippen LogP contribution in [0.3, 0.4) is 0 Å². The van der Waals surface area contributed by atoms with E-state index in [1.807, 2.05) is 0 Å². The number of hydrogen-bond donors (Lipinski definition) is 1. The highest BCUT2D eigenvalue weighted by Crippen LogP contribution is 2.30. The normalized spacial score (nSPS) is 22.2. The lowest BCUT2D eigenvalue weighted by Crippen LogP contribution is -2.44. The second kappa shape index (κ2) is 6.99. The number of aryl methyl sites for hydroxylation is 2. The average molecular weight is 385 g/mol. The van der Waals surface area contributed by atoms with Gasteiger partial charge in [0.15, 0.2) is 11.9 Å². The lowest BCUT2D eigenvalue weighted by molar-refractivity contribution is -0.157. The van der Waals surface area contributed by atoms with E-state index in [9.17, 15) is 18.0 Å². The number of aromatic nitrogens is 1. The topological polar surface area (TPSA) is 119 Å². The highest BCUT2D eigenvalue weighted by atomic mass is 32.2. The molecular weight excluding hydrogens is 362 g/mol. The van der Waals surface area contributed by atoms with E-state index in [0.717, 1.165) is 17.1 Å². The first-order valence-electron chi connectivity index (χ1n) is 8.67. The van der Waals surface area contributed by atoms with Crippen molar-refractivity contribution < 1.29 is 27.3 Å². The Balaban J connectivity index is 1.73. The van der Waals surface area contributed by atoms with Crippen molar-refractivity contribution in [2.24, 2.45) is 0 Å². The summed E-state index contributed by atoms with van der Waals surface area (Å²) >= 11 is 0. The summed E-state index contributed by atoms with van der Waals surface area (Å²) in [5.41, 5.74) is 0.249. The first-order chi connectivity index (χ1) is 12.2. The first-order valence-corrected chi connectivity index (χ1v) is 10.1. The monoisotopic (exact) mass is 385 g/mol. The minimum Gasteiger partial charge on any atom is -0.451 e. The van der Waals surface area contributed by atoms with Crippen LogP contribution in [0.25, 0.3) is 0 Å². The van der Waals surface area contributed by atoms with Crippen LogP contribution in [-0.2, 0) is 24.3 Å². The highest BCUT2D eigenvalue weighted by molar-refractivity contribution is 7.89. The minimum absolute atomic E-state index is 0.0169. The summed E-state index contributed by atoms with van der Waals surface area (Å²) in [6.45, 7) is 4.74. The van der Waals surface area contributed by atoms with Gasteiger partial charge in [-0.05, 0) is 46.5 Å². The summed E-state index contributed by atoms with van der Waals surface area (Å²) in [6, 6.07) is -0.795. The Kier molecular flexibility index (Phi) is 5.07. The van der Waals surface area contributed by atoms with Crippen LogP contribution in [0.4, 0.5) is 0 Å². The number of amides is 1. The SMILES string of the molecule is Cc1noc(C)c1S(=O)(=O)N1CCC[C@H]1C(=O)O[C@@H](C)C(=O)NC1CC1. The van der Waals surface area contributed by atoms with E-state index < -0.39 is 28.1 Å². The number of carbonyl (C=O) groups excluding carboxylic acids is 2. The van der Waals surface area contributed by atoms with Crippen molar-refractivity contribution in [3.63, 3.8) is 0 Å². The molecule has 3 rings (SSSR count). The molecule has 2 heterocycles. The smallest absolute Gasteiger partial charge is 0.325 e. The third-order valence-corrected chi connectivity index (χ3v) is 6.75. The molecule has 1 aliphatic heterocycles. The van der Waals surface area contributed by atoms with Crippen LogP contribution in [0.5, 0.6) is 0 Å². The molecule has 1 amide bonds. The maximum Gasteiger partial charge on any atom is 0.325 e. The van der Waals surface area contributed by atoms with Gasteiger partial charge < -0.3 is 14.6 Å². The molecule has 144 valence electrons. The van der Waals surface area contributed by atoms with Gasteiger partial charge in [0, 0.05) is 12.6 Å². The zero-order valence-corrected chi connectivity index (χ0v) is 15.8. The Morgan fingerprint density at radius 1 is 1.31 bits per heavy atom. The highest BCUT2D eigenvalue weighted by Gasteiger charge is 2.43. The molecule has 0 radical (unpaired) electrons. The third kappa shape index (κ3) is 3.61. The number of ether oxygens (including phenoxy) is 1. The van der Waals surface area contributed by atoms with Crippen molar-refractivity contribution in [2.45, 2.75) is 69.5 Å². The fourth-order valence-corrected chi connectivity index (χ4v) is 5.02. The van der Waals surface area contributed by atoms with Gasteiger partial charge in [-0.1, -0.05) is 5.16 Å². The molecule has 0 aromatic carbocycles. The van der Waals surface area contributed by atoms with Crippen molar-refractivity contribution in [3.05, 3.63) is 11.5 Å². The van der Waals surface area contributed by atoms with Gasteiger partial charge in [0.05, 0.1) is 0 Å². The second-order valence-electron chi connectivity index (χ2n) is 6.79. The van der Waals surface area contributed by atoms with E-state index in [1.165, 1.54) is 20.8 Å². The van der Waals surface area contributed by atoms with Gasteiger partial charge in [0.2, 0.25) is 10.0 Å². The number of nitrogens with one attached hydrogen (secondary N) is 1. The standard InChI is InChI=1S/C16H23N3O6S/c1-9-14(10(2)25-18-9)26(22,23)19-8-4-5-13(19)16(21)24-11(3)15(20)17-12-6-7-12/h11-13H,4-8H2,1-3H3,(H,17,20)/t11-,13-/m0/s1. The molecule has 1 aliphatic carbocycles.